The molecule has 1 aliphatic heterocycles. The summed E-state index contributed by atoms with van der Waals surface area (Å²) in [4.78, 5) is 17.7. The van der Waals surface area contributed by atoms with Crippen LogP contribution in [-0.4, -0.2) is 35.4 Å². The van der Waals surface area contributed by atoms with Crippen LogP contribution in [0.25, 0.3) is 0 Å². The van der Waals surface area contributed by atoms with Gasteiger partial charge in [0, 0.05) is 18.5 Å². The van der Waals surface area contributed by atoms with E-state index in [1.807, 2.05) is 11.8 Å². The molecule has 1 aromatic heterocycles. The molecule has 1 aromatic rings. The van der Waals surface area contributed by atoms with Gasteiger partial charge in [-0.05, 0) is 25.2 Å². The van der Waals surface area contributed by atoms with Crippen LogP contribution < -0.4 is 5.32 Å². The fraction of sp³-hybridized carbons (Fsp3) is 0.733. The van der Waals surface area contributed by atoms with Gasteiger partial charge in [-0.15, -0.1) is 11.3 Å². The van der Waals surface area contributed by atoms with E-state index in [2.05, 4.69) is 17.2 Å². The number of carbonyl (C=O) groups excluding carboxylic acids is 1. The number of nitrogens with zero attached hydrogens (tertiary/aromatic N) is 2. The Bertz CT molecular complexity index is 532. The molecule has 0 unspecified atom stereocenters. The minimum atomic E-state index is -4.42. The Morgan fingerprint density at radius 3 is 2.87 bits per heavy atom. The third-order valence-corrected chi connectivity index (χ3v) is 4.99. The van der Waals surface area contributed by atoms with Crippen molar-refractivity contribution in [1.29, 1.82) is 0 Å². The third kappa shape index (κ3) is 4.91. The molecule has 1 N–H and O–H groups in total. The average Bonchev–Trinajstić information content (AvgIpc) is 2.97. The number of rotatable bonds is 5. The molecule has 1 fully saturated rings. The van der Waals surface area contributed by atoms with Crippen molar-refractivity contribution in [3.63, 3.8) is 0 Å². The number of nitrogens with one attached hydrogen (secondary N) is 1. The van der Waals surface area contributed by atoms with Gasteiger partial charge in [-0.3, -0.25) is 10.1 Å². The van der Waals surface area contributed by atoms with E-state index in [4.69, 9.17) is 0 Å². The van der Waals surface area contributed by atoms with Crippen molar-refractivity contribution in [2.75, 3.05) is 19.6 Å². The lowest BCUT2D eigenvalue weighted by atomic mass is 10.0. The highest BCUT2D eigenvalue weighted by atomic mass is 32.1. The van der Waals surface area contributed by atoms with Crippen molar-refractivity contribution in [2.24, 2.45) is 5.92 Å². The first kappa shape index (κ1) is 18.2. The zero-order chi connectivity index (χ0) is 17.0. The molecule has 4 nitrogen and oxygen atoms in total. The van der Waals surface area contributed by atoms with Crippen LogP contribution in [0, 0.1) is 5.92 Å². The Morgan fingerprint density at radius 1 is 1.57 bits per heavy atom. The second kappa shape index (κ2) is 7.61. The fourth-order valence-corrected chi connectivity index (χ4v) is 3.71. The molecule has 1 saturated heterocycles. The van der Waals surface area contributed by atoms with Crippen LogP contribution in [0.2, 0.25) is 0 Å². The summed E-state index contributed by atoms with van der Waals surface area (Å²) >= 11 is 0.978. The number of aromatic nitrogens is 1. The molecule has 0 spiro atoms. The molecule has 0 radical (unpaired) electrons. The molecule has 0 bridgehead atoms. The number of piperidine rings is 1. The minimum Gasteiger partial charge on any atom is -0.341 e. The van der Waals surface area contributed by atoms with Crippen LogP contribution in [0.3, 0.4) is 0 Å². The summed E-state index contributed by atoms with van der Waals surface area (Å²) in [5, 5.41) is 4.45. The Hall–Kier alpha value is -1.15. The summed E-state index contributed by atoms with van der Waals surface area (Å²) in [6.45, 7) is 5.63. The number of thiazole rings is 1. The Morgan fingerprint density at radius 2 is 2.30 bits per heavy atom. The van der Waals surface area contributed by atoms with E-state index in [9.17, 15) is 18.0 Å². The van der Waals surface area contributed by atoms with Crippen LogP contribution in [0.5, 0.6) is 0 Å². The van der Waals surface area contributed by atoms with Crippen molar-refractivity contribution in [2.45, 2.75) is 45.3 Å². The molecule has 23 heavy (non-hydrogen) atoms. The van der Waals surface area contributed by atoms with Crippen molar-refractivity contribution in [1.82, 2.24) is 15.2 Å². The Kier molecular flexibility index (Phi) is 6.02. The van der Waals surface area contributed by atoms with Gasteiger partial charge in [0.15, 0.2) is 5.69 Å². The van der Waals surface area contributed by atoms with Gasteiger partial charge in [0.1, 0.15) is 5.01 Å². The summed E-state index contributed by atoms with van der Waals surface area (Å²) in [6.07, 6.45) is -1.71. The standard InChI is InChI=1S/C15H22F3N3OS/c1-3-11(14-20-12(9-23-14)15(16,17)18)19-7-13(22)21-6-4-5-10(2)8-21/h9-11,19H,3-8H2,1-2H3/t10-,11+/m1/s1. The lowest BCUT2D eigenvalue weighted by Crippen LogP contribution is -2.44. The van der Waals surface area contributed by atoms with Gasteiger partial charge in [-0.2, -0.15) is 13.2 Å². The van der Waals surface area contributed by atoms with Gasteiger partial charge in [0.25, 0.3) is 0 Å². The van der Waals surface area contributed by atoms with E-state index < -0.39 is 11.9 Å². The molecule has 2 atom stereocenters. The maximum atomic E-state index is 12.6. The lowest BCUT2D eigenvalue weighted by molar-refractivity contribution is -0.141. The molecule has 8 heteroatoms. The van der Waals surface area contributed by atoms with Gasteiger partial charge >= 0.3 is 6.18 Å². The van der Waals surface area contributed by atoms with E-state index >= 15 is 0 Å². The first-order valence-electron chi connectivity index (χ1n) is 7.85. The van der Waals surface area contributed by atoms with Gasteiger partial charge in [-0.1, -0.05) is 13.8 Å². The zero-order valence-electron chi connectivity index (χ0n) is 13.3. The summed E-state index contributed by atoms with van der Waals surface area (Å²) in [6, 6.07) is -0.331. The average molecular weight is 349 g/mol. The van der Waals surface area contributed by atoms with Crippen LogP contribution in [-0.2, 0) is 11.0 Å². The van der Waals surface area contributed by atoms with Gasteiger partial charge < -0.3 is 4.90 Å². The van der Waals surface area contributed by atoms with Crippen molar-refractivity contribution in [3.05, 3.63) is 16.1 Å². The highest BCUT2D eigenvalue weighted by Gasteiger charge is 2.34. The molecule has 0 aliphatic carbocycles. The predicted octanol–water partition coefficient (Wildman–Crippen LogP) is 3.46. The highest BCUT2D eigenvalue weighted by molar-refractivity contribution is 7.09. The molecule has 1 amide bonds. The quantitative estimate of drug-likeness (QED) is 0.885. The van der Waals surface area contributed by atoms with Crippen LogP contribution >= 0.6 is 11.3 Å². The Balaban J connectivity index is 1.92. The summed E-state index contributed by atoms with van der Waals surface area (Å²) < 4.78 is 37.9. The maximum Gasteiger partial charge on any atom is 0.434 e. The molecule has 2 rings (SSSR count). The number of amides is 1. The molecular weight excluding hydrogens is 327 g/mol. The third-order valence-electron chi connectivity index (χ3n) is 4.03. The maximum absolute atomic E-state index is 12.6. The van der Waals surface area contributed by atoms with Crippen molar-refractivity contribution in [3.8, 4) is 0 Å². The Labute approximate surface area is 138 Å². The summed E-state index contributed by atoms with van der Waals surface area (Å²) in [5.74, 6) is 0.505. The second-order valence-corrected chi connectivity index (χ2v) is 6.89. The number of alkyl halides is 3. The first-order chi connectivity index (χ1) is 10.8. The molecule has 0 saturated carbocycles. The van der Waals surface area contributed by atoms with Crippen LogP contribution in [0.1, 0.15) is 49.9 Å². The molecule has 1 aliphatic rings. The lowest BCUT2D eigenvalue weighted by Gasteiger charge is -2.31. The van der Waals surface area contributed by atoms with Gasteiger partial charge in [0.05, 0.1) is 12.6 Å². The molecular formula is C15H22F3N3OS. The second-order valence-electron chi connectivity index (χ2n) is 6.00. The molecule has 0 aromatic carbocycles. The van der Waals surface area contributed by atoms with E-state index in [0.29, 0.717) is 17.3 Å². The first-order valence-corrected chi connectivity index (χ1v) is 8.73. The zero-order valence-corrected chi connectivity index (χ0v) is 14.1. The number of hydrogen-bond donors (Lipinski definition) is 1. The van der Waals surface area contributed by atoms with Crippen LogP contribution in [0.4, 0.5) is 13.2 Å². The largest absolute Gasteiger partial charge is 0.434 e. The fourth-order valence-electron chi connectivity index (χ4n) is 2.72. The minimum absolute atomic E-state index is 0.00241. The van der Waals surface area contributed by atoms with Gasteiger partial charge in [-0.25, -0.2) is 4.98 Å². The molecule has 130 valence electrons. The number of carbonyl (C=O) groups is 1. The van der Waals surface area contributed by atoms with Crippen molar-refractivity contribution >= 4 is 17.2 Å². The summed E-state index contributed by atoms with van der Waals surface area (Å²) in [5.41, 5.74) is -0.867. The van der Waals surface area contributed by atoms with E-state index in [1.54, 1.807) is 0 Å². The van der Waals surface area contributed by atoms with Crippen molar-refractivity contribution < 1.29 is 18.0 Å². The SMILES string of the molecule is CC[C@H](NCC(=O)N1CCC[C@@H](C)C1)c1nc(C(F)(F)F)cs1. The smallest absolute Gasteiger partial charge is 0.341 e. The van der Waals surface area contributed by atoms with E-state index in [0.717, 1.165) is 42.6 Å². The van der Waals surface area contributed by atoms with Crippen LogP contribution in [0.15, 0.2) is 5.38 Å². The van der Waals surface area contributed by atoms with Gasteiger partial charge in [0.2, 0.25) is 5.91 Å². The number of halogens is 3. The van der Waals surface area contributed by atoms with E-state index in [-0.39, 0.29) is 18.5 Å². The topological polar surface area (TPSA) is 45.2 Å². The number of likely N-dealkylation sites (tertiary alicyclic amines) is 1. The normalized spacial score (nSPS) is 20.6. The highest BCUT2D eigenvalue weighted by Crippen LogP contribution is 2.32. The summed E-state index contributed by atoms with van der Waals surface area (Å²) in [7, 11) is 0. The monoisotopic (exact) mass is 349 g/mol. The number of hydrogen-bond acceptors (Lipinski definition) is 4. The van der Waals surface area contributed by atoms with E-state index in [1.165, 1.54) is 0 Å². The predicted molar refractivity (Wildman–Crippen MR) is 83.1 cm³/mol. The molecule has 2 heterocycles.